The van der Waals surface area contributed by atoms with Crippen LogP contribution in [0.25, 0.3) is 11.2 Å². The van der Waals surface area contributed by atoms with Gasteiger partial charge in [0.15, 0.2) is 5.65 Å². The van der Waals surface area contributed by atoms with Gasteiger partial charge in [0.05, 0.1) is 30.9 Å². The third-order valence-electron chi connectivity index (χ3n) is 10.3. The van der Waals surface area contributed by atoms with Gasteiger partial charge in [-0.3, -0.25) is 19.1 Å². The van der Waals surface area contributed by atoms with Crippen LogP contribution in [-0.2, 0) is 35.7 Å². The molecular weight excluding hydrogens is 729 g/mol. The Morgan fingerprint density at radius 1 is 1.05 bits per heavy atom. The van der Waals surface area contributed by atoms with E-state index in [1.165, 1.54) is 4.90 Å². The number of rotatable bonds is 8. The Hall–Kier alpha value is -5.06. The van der Waals surface area contributed by atoms with Crippen LogP contribution in [0, 0.1) is 5.92 Å². The molecule has 0 unspecified atom stereocenters. The lowest BCUT2D eigenvalue weighted by Gasteiger charge is -2.30. The average molecular weight is 777 g/mol. The topological polar surface area (TPSA) is 204 Å². The largest absolute Gasteiger partial charge is 0.458 e. The number of amides is 4. The molecular formula is C38H48N8O8S. The predicted octanol–water partition coefficient (Wildman–Crippen LogP) is 3.12. The maximum atomic E-state index is 14.4. The fourth-order valence-corrected chi connectivity index (χ4v) is 8.60. The number of fused-ring (bicyclic) bond motifs is 3. The molecule has 0 spiro atoms. The first-order valence-electron chi connectivity index (χ1n) is 18.9. The van der Waals surface area contributed by atoms with Crippen molar-refractivity contribution >= 4 is 45.0 Å². The van der Waals surface area contributed by atoms with Gasteiger partial charge in [0, 0.05) is 12.3 Å². The first-order valence-corrected chi connectivity index (χ1v) is 20.5. The van der Waals surface area contributed by atoms with Crippen LogP contribution >= 0.6 is 0 Å². The van der Waals surface area contributed by atoms with Crippen LogP contribution in [0.4, 0.5) is 4.79 Å². The number of hydrogen-bond acceptors (Lipinski definition) is 11. The van der Waals surface area contributed by atoms with E-state index in [4.69, 9.17) is 9.47 Å². The van der Waals surface area contributed by atoms with Crippen molar-refractivity contribution in [2.45, 2.75) is 120 Å². The standard InChI is InChI=1S/C38H48N8O8S/c1-37(2,3)54-36(50)41-28-15-11-6-4-5-10-14-25-19-38(25,34(49)44-55(51,52)27-16-17-27)43-32(47)30-18-26(22-46(30)33(28)48)53-35-39-20-29-31(42-35)45(23-40-29)21-24-12-8-7-9-13-24/h7-10,12-14,20,23,25-28,30H,4-6,11,15-19,21-22H2,1-3H3,(H,41,50)(H,43,47)(H,44,49)/b14-10-/t25-,26-,28+,30+,38-/m1/s1. The van der Waals surface area contributed by atoms with Crippen LogP contribution in [0.15, 0.2) is 55.0 Å². The average Bonchev–Trinajstić information content (AvgIpc) is 4.02. The van der Waals surface area contributed by atoms with E-state index < -0.39 is 74.3 Å². The highest BCUT2D eigenvalue weighted by Crippen LogP contribution is 2.46. The molecule has 2 aliphatic heterocycles. The van der Waals surface area contributed by atoms with Crippen molar-refractivity contribution in [3.8, 4) is 6.01 Å². The molecule has 2 saturated carbocycles. The molecule has 0 bridgehead atoms. The molecule has 0 radical (unpaired) electrons. The maximum Gasteiger partial charge on any atom is 0.408 e. The van der Waals surface area contributed by atoms with E-state index in [0.717, 1.165) is 18.4 Å². The van der Waals surface area contributed by atoms with E-state index in [1.807, 2.05) is 47.1 Å². The number of nitrogens with zero attached hydrogens (tertiary/aromatic N) is 5. The fourth-order valence-electron chi connectivity index (χ4n) is 7.24. The monoisotopic (exact) mass is 776 g/mol. The van der Waals surface area contributed by atoms with E-state index in [0.29, 0.717) is 49.8 Å². The lowest BCUT2D eigenvalue weighted by atomic mass is 10.0. The molecule has 3 N–H and O–H groups in total. The van der Waals surface area contributed by atoms with Gasteiger partial charge >= 0.3 is 12.1 Å². The van der Waals surface area contributed by atoms with Crippen LogP contribution < -0.4 is 20.1 Å². The Balaban J connectivity index is 1.16. The maximum absolute atomic E-state index is 14.4. The number of hydrogen-bond donors (Lipinski definition) is 3. The summed E-state index contributed by atoms with van der Waals surface area (Å²) in [6, 6.07) is 7.71. The second-order valence-electron chi connectivity index (χ2n) is 15.9. The lowest BCUT2D eigenvalue weighted by Crippen LogP contribution is -2.58. The van der Waals surface area contributed by atoms with Gasteiger partial charge in [-0.2, -0.15) is 4.98 Å². The van der Waals surface area contributed by atoms with E-state index in [-0.39, 0.29) is 25.4 Å². The molecule has 1 aromatic carbocycles. The van der Waals surface area contributed by atoms with Crippen LogP contribution in [0.1, 0.15) is 84.1 Å². The Kier molecular flexibility index (Phi) is 10.6. The van der Waals surface area contributed by atoms with E-state index in [1.54, 1.807) is 33.3 Å². The van der Waals surface area contributed by atoms with Crippen molar-refractivity contribution in [2.75, 3.05) is 6.54 Å². The number of carbonyl (C=O) groups excluding carboxylic acids is 4. The molecule has 4 aliphatic rings. The van der Waals surface area contributed by atoms with Crippen molar-refractivity contribution in [1.29, 1.82) is 0 Å². The first kappa shape index (κ1) is 38.2. The quantitative estimate of drug-likeness (QED) is 0.284. The van der Waals surface area contributed by atoms with Gasteiger partial charge in [-0.1, -0.05) is 55.3 Å². The number of aromatic nitrogens is 4. The first-order chi connectivity index (χ1) is 26.2. The summed E-state index contributed by atoms with van der Waals surface area (Å²) in [5.41, 5.74) is -0.170. The minimum atomic E-state index is -3.90. The van der Waals surface area contributed by atoms with E-state index in [2.05, 4.69) is 30.3 Å². The highest BCUT2D eigenvalue weighted by molar-refractivity contribution is 7.91. The number of carbonyl (C=O) groups is 4. The molecule has 17 heteroatoms. The number of sulfonamides is 1. The second kappa shape index (κ2) is 15.2. The Bertz CT molecular complexity index is 2080. The van der Waals surface area contributed by atoms with Crippen molar-refractivity contribution in [3.05, 3.63) is 60.6 Å². The van der Waals surface area contributed by atoms with Gasteiger partial charge in [-0.15, -0.1) is 0 Å². The molecule has 5 atom stereocenters. The molecule has 4 heterocycles. The molecule has 4 amide bonds. The predicted molar refractivity (Wildman–Crippen MR) is 200 cm³/mol. The normalized spacial score (nSPS) is 26.8. The fraction of sp³-hybridized carbons (Fsp3) is 0.553. The summed E-state index contributed by atoms with van der Waals surface area (Å²) >= 11 is 0. The minimum Gasteiger partial charge on any atom is -0.458 e. The number of imidazole rings is 1. The van der Waals surface area contributed by atoms with Crippen molar-refractivity contribution in [2.24, 2.45) is 5.92 Å². The van der Waals surface area contributed by atoms with Gasteiger partial charge in [-0.25, -0.2) is 23.2 Å². The smallest absolute Gasteiger partial charge is 0.408 e. The SMILES string of the molecule is CC(C)(C)OC(=O)N[C@H]1CCCCC/C=C\[C@@H]2C[C@@]2(C(=O)NS(=O)(=O)C2CC2)NC(=O)[C@@H]2C[C@@H](Oc3ncc4ncn(Cc5ccccc5)c4n3)CN2C1=O. The molecule has 3 fully saturated rings. The highest BCUT2D eigenvalue weighted by Gasteiger charge is 2.62. The summed E-state index contributed by atoms with van der Waals surface area (Å²) in [4.78, 5) is 70.2. The zero-order chi connectivity index (χ0) is 39.0. The summed E-state index contributed by atoms with van der Waals surface area (Å²) < 4.78 is 41.5. The number of allylic oxidation sites excluding steroid dienone is 1. The Morgan fingerprint density at radius 3 is 2.58 bits per heavy atom. The Morgan fingerprint density at radius 2 is 1.84 bits per heavy atom. The highest BCUT2D eigenvalue weighted by atomic mass is 32.2. The van der Waals surface area contributed by atoms with Crippen LogP contribution in [0.3, 0.4) is 0 Å². The van der Waals surface area contributed by atoms with Gasteiger partial charge in [0.2, 0.25) is 21.8 Å². The summed E-state index contributed by atoms with van der Waals surface area (Å²) in [6.07, 6.45) is 9.81. The molecule has 1 saturated heterocycles. The van der Waals surface area contributed by atoms with Crippen LogP contribution in [0.2, 0.25) is 0 Å². The molecule has 2 aliphatic carbocycles. The van der Waals surface area contributed by atoms with Gasteiger partial charge < -0.3 is 29.6 Å². The third-order valence-corrected chi connectivity index (χ3v) is 12.2. The number of benzene rings is 1. The second-order valence-corrected chi connectivity index (χ2v) is 17.9. The molecule has 16 nitrogen and oxygen atoms in total. The minimum absolute atomic E-state index is 0.0139. The third kappa shape index (κ3) is 8.92. The summed E-state index contributed by atoms with van der Waals surface area (Å²) in [6.45, 7) is 5.64. The Labute approximate surface area is 319 Å². The van der Waals surface area contributed by atoms with Crippen molar-refractivity contribution < 1.29 is 37.1 Å². The van der Waals surface area contributed by atoms with Gasteiger partial charge in [-0.05, 0) is 64.9 Å². The van der Waals surface area contributed by atoms with Gasteiger partial charge in [0.1, 0.15) is 34.8 Å². The molecule has 7 rings (SSSR count). The number of ether oxygens (including phenoxy) is 2. The van der Waals surface area contributed by atoms with E-state index in [9.17, 15) is 27.6 Å². The molecule has 294 valence electrons. The number of nitrogens with one attached hydrogen (secondary N) is 3. The van der Waals surface area contributed by atoms with Crippen molar-refractivity contribution in [3.63, 3.8) is 0 Å². The summed E-state index contributed by atoms with van der Waals surface area (Å²) in [5, 5.41) is 4.96. The van der Waals surface area contributed by atoms with E-state index >= 15 is 0 Å². The molecule has 55 heavy (non-hydrogen) atoms. The van der Waals surface area contributed by atoms with Crippen LogP contribution in [0.5, 0.6) is 6.01 Å². The lowest BCUT2D eigenvalue weighted by molar-refractivity contribution is -0.141. The van der Waals surface area contributed by atoms with Gasteiger partial charge in [0.25, 0.3) is 5.91 Å². The summed E-state index contributed by atoms with van der Waals surface area (Å²) in [5.74, 6) is -2.38. The van der Waals surface area contributed by atoms with Crippen molar-refractivity contribution in [1.82, 2.24) is 39.8 Å². The molecule has 2 aromatic heterocycles. The number of alkyl carbamates (subject to hydrolysis) is 1. The zero-order valence-electron chi connectivity index (χ0n) is 31.3. The zero-order valence-corrected chi connectivity index (χ0v) is 32.1. The summed E-state index contributed by atoms with van der Waals surface area (Å²) in [7, 11) is -3.90. The van der Waals surface area contributed by atoms with Crippen LogP contribution in [-0.4, -0.2) is 97.8 Å². The molecule has 3 aromatic rings.